The Kier molecular flexibility index (Phi) is 5.52. The molecule has 3 heterocycles. The monoisotopic (exact) mass is 448 g/mol. The third kappa shape index (κ3) is 4.64. The Morgan fingerprint density at radius 3 is 2.50 bits per heavy atom. The highest BCUT2D eigenvalue weighted by molar-refractivity contribution is 5.90. The summed E-state index contributed by atoms with van der Waals surface area (Å²) in [7, 11) is 3.57. The van der Waals surface area contributed by atoms with E-state index in [0.717, 1.165) is 24.6 Å². The number of H-pyrrole nitrogens is 1. The van der Waals surface area contributed by atoms with Gasteiger partial charge in [0.15, 0.2) is 11.6 Å². The lowest BCUT2D eigenvalue weighted by Crippen LogP contribution is -2.34. The molecule has 0 bridgehead atoms. The summed E-state index contributed by atoms with van der Waals surface area (Å²) >= 11 is 0. The Balaban J connectivity index is 1.83. The molecule has 1 fully saturated rings. The first-order valence-corrected chi connectivity index (χ1v) is 10.4. The maximum absolute atomic E-state index is 13.5. The van der Waals surface area contributed by atoms with E-state index in [4.69, 9.17) is 10.5 Å². The number of aromatic amines is 1. The number of anilines is 2. The summed E-state index contributed by atoms with van der Waals surface area (Å²) in [5, 5.41) is 0. The lowest BCUT2D eigenvalue weighted by atomic mass is 9.94. The first kappa shape index (κ1) is 22.3. The topological polar surface area (TPSA) is 92.9 Å². The Morgan fingerprint density at radius 1 is 1.16 bits per heavy atom. The molecule has 10 heteroatoms. The number of imidazole rings is 1. The van der Waals surface area contributed by atoms with Crippen LogP contribution in [-0.4, -0.2) is 47.2 Å². The Labute approximate surface area is 184 Å². The Hall–Kier alpha value is -2.88. The number of fused-ring (bicyclic) bond motifs is 1. The van der Waals surface area contributed by atoms with Crippen molar-refractivity contribution in [3.63, 3.8) is 0 Å². The number of nitrogens with zero attached hydrogens (tertiary/aromatic N) is 4. The number of ether oxygens (including phenoxy) is 1. The van der Waals surface area contributed by atoms with Gasteiger partial charge in [-0.25, -0.2) is 9.97 Å². The summed E-state index contributed by atoms with van der Waals surface area (Å²) in [4.78, 5) is 17.7. The van der Waals surface area contributed by atoms with E-state index in [9.17, 15) is 13.2 Å². The second-order valence-corrected chi connectivity index (χ2v) is 9.24. The zero-order valence-corrected chi connectivity index (χ0v) is 18.5. The number of hydrogen-bond donors (Lipinski definition) is 2. The molecule has 0 aliphatic heterocycles. The third-order valence-electron chi connectivity index (χ3n) is 5.50. The van der Waals surface area contributed by atoms with Crippen LogP contribution in [0, 0.1) is 5.41 Å². The van der Waals surface area contributed by atoms with Crippen molar-refractivity contribution in [1.82, 2.24) is 19.9 Å². The van der Waals surface area contributed by atoms with Crippen molar-refractivity contribution in [3.05, 3.63) is 29.6 Å². The average molecular weight is 448 g/mol. The minimum atomic E-state index is -4.54. The molecule has 1 aliphatic rings. The number of hydrogen-bond acceptors (Lipinski definition) is 6. The lowest BCUT2D eigenvalue weighted by Gasteiger charge is -2.31. The highest BCUT2D eigenvalue weighted by atomic mass is 19.4. The fourth-order valence-corrected chi connectivity index (χ4v) is 4.04. The van der Waals surface area contributed by atoms with Crippen LogP contribution in [0.2, 0.25) is 0 Å². The van der Waals surface area contributed by atoms with Crippen molar-refractivity contribution in [2.24, 2.45) is 5.41 Å². The summed E-state index contributed by atoms with van der Waals surface area (Å²) in [5.41, 5.74) is 7.75. The molecule has 1 aliphatic carbocycles. The van der Waals surface area contributed by atoms with Crippen molar-refractivity contribution in [2.45, 2.75) is 38.8 Å². The molecule has 3 aromatic rings. The summed E-state index contributed by atoms with van der Waals surface area (Å²) in [6, 6.07) is 4.53. The van der Waals surface area contributed by atoms with Crippen molar-refractivity contribution >= 4 is 22.8 Å². The fourth-order valence-electron chi connectivity index (χ4n) is 4.04. The van der Waals surface area contributed by atoms with E-state index < -0.39 is 11.9 Å². The van der Waals surface area contributed by atoms with Crippen LogP contribution >= 0.6 is 0 Å². The van der Waals surface area contributed by atoms with Gasteiger partial charge in [-0.15, -0.1) is 0 Å². The van der Waals surface area contributed by atoms with E-state index in [-0.39, 0.29) is 17.3 Å². The number of rotatable bonds is 7. The molecule has 0 atom stereocenters. The van der Waals surface area contributed by atoms with Crippen molar-refractivity contribution in [3.8, 4) is 11.3 Å². The largest absolute Gasteiger partial charge is 0.433 e. The van der Waals surface area contributed by atoms with Gasteiger partial charge < -0.3 is 20.4 Å². The van der Waals surface area contributed by atoms with E-state index >= 15 is 0 Å². The number of nitrogens with two attached hydrogens (primary N) is 1. The maximum Gasteiger partial charge on any atom is 0.433 e. The van der Waals surface area contributed by atoms with E-state index in [1.54, 1.807) is 19.2 Å². The van der Waals surface area contributed by atoms with Gasteiger partial charge in [0.1, 0.15) is 11.2 Å². The smallest absolute Gasteiger partial charge is 0.384 e. The van der Waals surface area contributed by atoms with Crippen LogP contribution in [-0.2, 0) is 10.9 Å². The molecule has 1 saturated carbocycles. The van der Waals surface area contributed by atoms with E-state index in [2.05, 4.69) is 33.8 Å². The fraction of sp³-hybridized carbons (Fsp3) is 0.500. The molecule has 7 nitrogen and oxygen atoms in total. The van der Waals surface area contributed by atoms with Crippen LogP contribution in [0.4, 0.5) is 24.8 Å². The van der Waals surface area contributed by atoms with Gasteiger partial charge in [0.2, 0.25) is 0 Å². The molecule has 4 rings (SSSR count). The highest BCUT2D eigenvalue weighted by Gasteiger charge is 2.36. The first-order chi connectivity index (χ1) is 15.0. The predicted octanol–water partition coefficient (Wildman–Crippen LogP) is 4.61. The average Bonchev–Trinajstić information content (AvgIpc) is 3.46. The number of nitrogen functional groups attached to an aromatic ring is 1. The van der Waals surface area contributed by atoms with Crippen molar-refractivity contribution in [2.75, 3.05) is 37.9 Å². The number of nitrogens with one attached hydrogen (secondary N) is 1. The number of halogens is 3. The molecule has 0 spiro atoms. The number of pyridine rings is 2. The van der Waals surface area contributed by atoms with Crippen molar-refractivity contribution in [1.29, 1.82) is 0 Å². The SMILES string of the molecule is COCC(C)(C)CN(C)c1cc(-c2cc(C3CC3)nc(C(F)(F)F)c2)nc2nc(N)[nH]c12. The maximum atomic E-state index is 13.5. The van der Waals surface area contributed by atoms with Gasteiger partial charge in [-0.3, -0.25) is 0 Å². The van der Waals surface area contributed by atoms with Gasteiger partial charge in [-0.1, -0.05) is 13.8 Å². The Bertz CT molecular complexity index is 1140. The minimum absolute atomic E-state index is 0.0674. The second kappa shape index (κ2) is 7.91. The summed E-state index contributed by atoms with van der Waals surface area (Å²) in [6.45, 7) is 5.34. The van der Waals surface area contributed by atoms with Crippen LogP contribution in [0.25, 0.3) is 22.4 Å². The molecule has 0 aromatic carbocycles. The molecule has 3 N–H and O–H groups in total. The summed E-state index contributed by atoms with van der Waals surface area (Å²) in [6.07, 6.45) is -2.85. The Morgan fingerprint density at radius 2 is 1.88 bits per heavy atom. The standard InChI is InChI=1S/C22H27F3N6O/c1-21(2,11-32-4)10-31(3)16-9-15(28-19-18(16)29-20(26)30-19)13-7-14(12-5-6-12)27-17(8-13)22(23,24)25/h7-9,12H,5-6,10-11H2,1-4H3,(H3,26,28,29,30). The zero-order valence-electron chi connectivity index (χ0n) is 18.5. The zero-order chi connectivity index (χ0) is 23.3. The molecule has 0 unspecified atom stereocenters. The van der Waals surface area contributed by atoms with Gasteiger partial charge in [0.25, 0.3) is 0 Å². The second-order valence-electron chi connectivity index (χ2n) is 9.24. The number of methoxy groups -OCH3 is 1. The van der Waals surface area contributed by atoms with E-state index in [0.29, 0.717) is 41.3 Å². The van der Waals surface area contributed by atoms with E-state index in [1.165, 1.54) is 0 Å². The molecule has 0 amide bonds. The molecule has 3 aromatic heterocycles. The van der Waals surface area contributed by atoms with Crippen LogP contribution in [0.5, 0.6) is 0 Å². The third-order valence-corrected chi connectivity index (χ3v) is 5.50. The van der Waals surface area contributed by atoms with Gasteiger partial charge in [-0.2, -0.15) is 18.2 Å². The molecule has 172 valence electrons. The number of alkyl halides is 3. The normalized spacial score (nSPS) is 14.8. The van der Waals surface area contributed by atoms with Crippen molar-refractivity contribution < 1.29 is 17.9 Å². The van der Waals surface area contributed by atoms with E-state index in [1.807, 2.05) is 11.9 Å². The van der Waals surface area contributed by atoms with Crippen LogP contribution in [0.15, 0.2) is 18.2 Å². The molecule has 0 saturated heterocycles. The van der Waals surface area contributed by atoms with Gasteiger partial charge in [0.05, 0.1) is 18.0 Å². The summed E-state index contributed by atoms with van der Waals surface area (Å²) < 4.78 is 45.9. The molecular formula is C22H27F3N6O. The molecule has 0 radical (unpaired) electrons. The molecular weight excluding hydrogens is 421 g/mol. The number of aromatic nitrogens is 4. The van der Waals surface area contributed by atoms with Crippen LogP contribution in [0.3, 0.4) is 0 Å². The quantitative estimate of drug-likeness (QED) is 0.549. The molecule has 32 heavy (non-hydrogen) atoms. The first-order valence-electron chi connectivity index (χ1n) is 10.4. The highest BCUT2D eigenvalue weighted by Crippen LogP contribution is 2.42. The van der Waals surface area contributed by atoms with Crippen LogP contribution < -0.4 is 10.6 Å². The van der Waals surface area contributed by atoms with Crippen LogP contribution in [0.1, 0.15) is 44.0 Å². The lowest BCUT2D eigenvalue weighted by molar-refractivity contribution is -0.141. The van der Waals surface area contributed by atoms with Gasteiger partial charge in [-0.05, 0) is 31.0 Å². The van der Waals surface area contributed by atoms with Gasteiger partial charge in [0, 0.05) is 43.3 Å². The minimum Gasteiger partial charge on any atom is -0.384 e. The summed E-state index contributed by atoms with van der Waals surface area (Å²) in [5.74, 6) is 0.262. The predicted molar refractivity (Wildman–Crippen MR) is 117 cm³/mol. The van der Waals surface area contributed by atoms with Gasteiger partial charge >= 0.3 is 6.18 Å².